The Morgan fingerprint density at radius 3 is 2.17 bits per heavy atom. The van der Waals surface area contributed by atoms with Gasteiger partial charge in [-0.3, -0.25) is 0 Å². The molecule has 0 amide bonds. The molecule has 0 saturated carbocycles. The van der Waals surface area contributed by atoms with E-state index < -0.39 is 0 Å². The van der Waals surface area contributed by atoms with Crippen molar-refractivity contribution in [1.29, 1.82) is 0 Å². The van der Waals surface area contributed by atoms with Crippen molar-refractivity contribution in [3.8, 4) is 11.5 Å². The van der Waals surface area contributed by atoms with E-state index in [0.29, 0.717) is 27.3 Å². The highest BCUT2D eigenvalue weighted by molar-refractivity contribution is 7.80. The second-order valence-corrected chi connectivity index (χ2v) is 5.85. The second-order valence-electron chi connectivity index (χ2n) is 5.03. The molecule has 0 aliphatic rings. The summed E-state index contributed by atoms with van der Waals surface area (Å²) in [5.41, 5.74) is 3.90. The van der Waals surface area contributed by atoms with Crippen molar-refractivity contribution in [2.45, 2.75) is 13.8 Å². The Kier molecular flexibility index (Phi) is 5.69. The molecule has 0 aliphatic heterocycles. The number of aryl methyl sites for hydroxylation is 2. The largest absolute Gasteiger partial charge is 0.495 e. The standard InChI is InChI=1S/C17H19ClN2O2S/c1-10-6-5-7-11(2)16(10)20-17(23)19-13-8-12(18)14(21-3)9-15(13)22-4/h5-9H,1-4H3,(H2,19,20,23). The lowest BCUT2D eigenvalue weighted by molar-refractivity contribution is 0.396. The highest BCUT2D eigenvalue weighted by Gasteiger charge is 2.12. The van der Waals surface area contributed by atoms with Gasteiger partial charge >= 0.3 is 0 Å². The number of rotatable bonds is 4. The molecule has 2 rings (SSSR count). The first kappa shape index (κ1) is 17.4. The van der Waals surface area contributed by atoms with Gasteiger partial charge in [-0.1, -0.05) is 29.8 Å². The molecule has 0 bridgehead atoms. The predicted octanol–water partition coefficient (Wildman–Crippen LogP) is 4.78. The summed E-state index contributed by atoms with van der Waals surface area (Å²) in [5, 5.41) is 7.27. The first-order chi connectivity index (χ1) is 11.0. The maximum Gasteiger partial charge on any atom is 0.175 e. The summed E-state index contributed by atoms with van der Waals surface area (Å²) in [6, 6.07) is 9.51. The molecule has 2 N–H and O–H groups in total. The molecule has 0 atom stereocenters. The normalized spacial score (nSPS) is 10.1. The Morgan fingerprint density at radius 1 is 1.00 bits per heavy atom. The van der Waals surface area contributed by atoms with Crippen LogP contribution in [0.1, 0.15) is 11.1 Å². The van der Waals surface area contributed by atoms with Gasteiger partial charge in [-0.05, 0) is 43.3 Å². The monoisotopic (exact) mass is 350 g/mol. The van der Waals surface area contributed by atoms with Crippen molar-refractivity contribution in [2.75, 3.05) is 24.9 Å². The van der Waals surface area contributed by atoms with Crippen LogP contribution in [0.15, 0.2) is 30.3 Å². The van der Waals surface area contributed by atoms with Crippen LogP contribution in [0.3, 0.4) is 0 Å². The zero-order valence-electron chi connectivity index (χ0n) is 13.5. The van der Waals surface area contributed by atoms with Gasteiger partial charge in [0.1, 0.15) is 11.5 Å². The van der Waals surface area contributed by atoms with Crippen molar-refractivity contribution in [2.24, 2.45) is 0 Å². The molecule has 0 spiro atoms. The molecule has 2 aromatic rings. The molecule has 0 fully saturated rings. The van der Waals surface area contributed by atoms with Gasteiger partial charge in [0.05, 0.1) is 24.9 Å². The third-order valence-electron chi connectivity index (χ3n) is 3.44. The van der Waals surface area contributed by atoms with Crippen molar-refractivity contribution in [1.82, 2.24) is 0 Å². The number of methoxy groups -OCH3 is 2. The Hall–Kier alpha value is -1.98. The third-order valence-corrected chi connectivity index (χ3v) is 3.94. The van der Waals surface area contributed by atoms with Gasteiger partial charge in [0.25, 0.3) is 0 Å². The predicted molar refractivity (Wildman–Crippen MR) is 100 cm³/mol. The maximum absolute atomic E-state index is 6.17. The minimum atomic E-state index is 0.460. The van der Waals surface area contributed by atoms with E-state index in [-0.39, 0.29) is 0 Å². The maximum atomic E-state index is 6.17. The zero-order valence-corrected chi connectivity index (χ0v) is 15.1. The molecule has 0 aliphatic carbocycles. The molecule has 4 nitrogen and oxygen atoms in total. The average molecular weight is 351 g/mol. The number of thiocarbonyl (C=S) groups is 1. The van der Waals surface area contributed by atoms with E-state index in [9.17, 15) is 0 Å². The summed E-state index contributed by atoms with van der Waals surface area (Å²) in [5.74, 6) is 1.14. The minimum Gasteiger partial charge on any atom is -0.495 e. The topological polar surface area (TPSA) is 42.5 Å². The average Bonchev–Trinajstić information content (AvgIpc) is 2.51. The van der Waals surface area contributed by atoms with Crippen LogP contribution in [0.4, 0.5) is 11.4 Å². The molecule has 23 heavy (non-hydrogen) atoms. The van der Waals surface area contributed by atoms with Gasteiger partial charge in [-0.15, -0.1) is 0 Å². The van der Waals surface area contributed by atoms with Crippen LogP contribution in [0.2, 0.25) is 5.02 Å². The fraction of sp³-hybridized carbons (Fsp3) is 0.235. The van der Waals surface area contributed by atoms with Crippen LogP contribution in [-0.4, -0.2) is 19.3 Å². The molecule has 0 saturated heterocycles. The van der Waals surface area contributed by atoms with Crippen molar-refractivity contribution >= 4 is 40.3 Å². The zero-order chi connectivity index (χ0) is 17.0. The van der Waals surface area contributed by atoms with E-state index in [2.05, 4.69) is 10.6 Å². The summed E-state index contributed by atoms with van der Waals surface area (Å²) >= 11 is 11.6. The fourth-order valence-corrected chi connectivity index (χ4v) is 2.69. The summed E-state index contributed by atoms with van der Waals surface area (Å²) in [6.45, 7) is 4.06. The molecule has 0 aromatic heterocycles. The van der Waals surface area contributed by atoms with Crippen molar-refractivity contribution < 1.29 is 9.47 Å². The van der Waals surface area contributed by atoms with E-state index in [1.165, 1.54) is 0 Å². The SMILES string of the molecule is COc1cc(OC)c(NC(=S)Nc2c(C)cccc2C)cc1Cl. The Morgan fingerprint density at radius 2 is 1.61 bits per heavy atom. The van der Waals surface area contributed by atoms with Crippen LogP contribution in [0, 0.1) is 13.8 Å². The number of hydrogen-bond acceptors (Lipinski definition) is 3. The second kappa shape index (κ2) is 7.53. The molecule has 0 radical (unpaired) electrons. The van der Waals surface area contributed by atoms with Crippen LogP contribution in [0.25, 0.3) is 0 Å². The Bertz CT molecular complexity index is 715. The highest BCUT2D eigenvalue weighted by Crippen LogP contribution is 2.36. The number of ether oxygens (including phenoxy) is 2. The summed E-state index contributed by atoms with van der Waals surface area (Å²) in [6.07, 6.45) is 0. The van der Waals surface area contributed by atoms with Gasteiger partial charge in [-0.2, -0.15) is 0 Å². The van der Waals surface area contributed by atoms with Crippen LogP contribution in [0.5, 0.6) is 11.5 Å². The lowest BCUT2D eigenvalue weighted by atomic mass is 10.1. The highest BCUT2D eigenvalue weighted by atomic mass is 35.5. The number of benzene rings is 2. The smallest absolute Gasteiger partial charge is 0.175 e. The third kappa shape index (κ3) is 4.06. The number of halogens is 1. The van der Waals surface area contributed by atoms with Crippen LogP contribution in [-0.2, 0) is 0 Å². The quantitative estimate of drug-likeness (QED) is 0.776. The first-order valence-corrected chi connectivity index (χ1v) is 7.80. The fourth-order valence-electron chi connectivity index (χ4n) is 2.24. The van der Waals surface area contributed by atoms with Crippen molar-refractivity contribution in [3.63, 3.8) is 0 Å². The minimum absolute atomic E-state index is 0.460. The van der Waals surface area contributed by atoms with E-state index in [1.807, 2.05) is 32.0 Å². The Balaban J connectivity index is 2.22. The lowest BCUT2D eigenvalue weighted by Crippen LogP contribution is -2.20. The summed E-state index contributed by atoms with van der Waals surface area (Å²) in [4.78, 5) is 0. The van der Waals surface area contributed by atoms with E-state index in [1.54, 1.807) is 26.4 Å². The van der Waals surface area contributed by atoms with Gasteiger partial charge in [-0.25, -0.2) is 0 Å². The molecule has 2 aromatic carbocycles. The molecule has 122 valence electrons. The molecule has 0 heterocycles. The van der Waals surface area contributed by atoms with Gasteiger partial charge in [0.15, 0.2) is 5.11 Å². The van der Waals surface area contributed by atoms with Crippen LogP contribution >= 0.6 is 23.8 Å². The van der Waals surface area contributed by atoms with Gasteiger partial charge in [0.2, 0.25) is 0 Å². The van der Waals surface area contributed by atoms with Crippen molar-refractivity contribution in [3.05, 3.63) is 46.5 Å². The van der Waals surface area contributed by atoms with E-state index in [4.69, 9.17) is 33.3 Å². The van der Waals surface area contributed by atoms with Gasteiger partial charge in [0, 0.05) is 11.8 Å². The number of nitrogens with one attached hydrogen (secondary N) is 2. The lowest BCUT2D eigenvalue weighted by Gasteiger charge is -2.17. The number of anilines is 2. The Labute approximate surface area is 146 Å². The molecular weight excluding hydrogens is 332 g/mol. The van der Waals surface area contributed by atoms with E-state index in [0.717, 1.165) is 16.8 Å². The number of para-hydroxylation sites is 1. The van der Waals surface area contributed by atoms with E-state index >= 15 is 0 Å². The summed E-state index contributed by atoms with van der Waals surface area (Å²) in [7, 11) is 3.14. The van der Waals surface area contributed by atoms with Crippen LogP contribution < -0.4 is 20.1 Å². The first-order valence-electron chi connectivity index (χ1n) is 7.02. The molecule has 6 heteroatoms. The molecule has 0 unspecified atom stereocenters. The number of hydrogen-bond donors (Lipinski definition) is 2. The summed E-state index contributed by atoms with van der Waals surface area (Å²) < 4.78 is 10.5. The van der Waals surface area contributed by atoms with Gasteiger partial charge < -0.3 is 20.1 Å². The molecular formula is C17H19ClN2O2S.